The maximum atomic E-state index is 13.8. The van der Waals surface area contributed by atoms with E-state index in [1.54, 1.807) is 11.9 Å². The number of benzene rings is 4. The number of rotatable bonds is 18. The van der Waals surface area contributed by atoms with E-state index in [0.29, 0.717) is 24.9 Å². The number of hydrogen-bond donors (Lipinski definition) is 2. The molecule has 5 rings (SSSR count). The molecule has 1 aliphatic rings. The lowest BCUT2D eigenvalue weighted by Crippen LogP contribution is -2.43. The van der Waals surface area contributed by atoms with Crippen LogP contribution >= 0.6 is 11.9 Å². The monoisotopic (exact) mass is 709 g/mol. The van der Waals surface area contributed by atoms with Gasteiger partial charge in [0.1, 0.15) is 0 Å². The van der Waals surface area contributed by atoms with Gasteiger partial charge in [0, 0.05) is 63.8 Å². The molecule has 4 aromatic rings. The van der Waals surface area contributed by atoms with Crippen LogP contribution in [-0.4, -0.2) is 73.2 Å². The third-order valence-corrected chi connectivity index (χ3v) is 10.2. The first-order valence-corrected chi connectivity index (χ1v) is 19.7. The third kappa shape index (κ3) is 12.7. The predicted molar refractivity (Wildman–Crippen MR) is 214 cm³/mol. The summed E-state index contributed by atoms with van der Waals surface area (Å²) in [6.07, 6.45) is 0.920. The van der Waals surface area contributed by atoms with Crippen LogP contribution in [0.4, 0.5) is 4.79 Å². The predicted octanol–water partition coefficient (Wildman–Crippen LogP) is 8.75. The average Bonchev–Trinajstić information content (AvgIpc) is 3.12. The summed E-state index contributed by atoms with van der Waals surface area (Å²) in [4.78, 5) is 21.9. The largest absolute Gasteiger partial charge is 0.379 e. The molecule has 0 spiro atoms. The molecule has 0 bridgehead atoms. The normalized spacial score (nSPS) is 14.4. The highest BCUT2D eigenvalue weighted by atomic mass is 32.2. The van der Waals surface area contributed by atoms with E-state index >= 15 is 0 Å². The van der Waals surface area contributed by atoms with E-state index in [-0.39, 0.29) is 12.1 Å². The Morgan fingerprint density at radius 2 is 1.41 bits per heavy atom. The molecule has 274 valence electrons. The van der Waals surface area contributed by atoms with E-state index in [1.165, 1.54) is 21.9 Å². The van der Waals surface area contributed by atoms with Crippen LogP contribution in [0.25, 0.3) is 10.8 Å². The van der Waals surface area contributed by atoms with Gasteiger partial charge in [-0.2, -0.15) is 0 Å². The minimum atomic E-state index is -0.115. The molecule has 51 heavy (non-hydrogen) atoms. The minimum Gasteiger partial charge on any atom is -0.379 e. The van der Waals surface area contributed by atoms with Gasteiger partial charge in [0.25, 0.3) is 0 Å². The molecule has 8 heteroatoms. The number of morpholine rings is 1. The molecular formula is C43H59N5O2S. The fourth-order valence-electron chi connectivity index (χ4n) is 6.89. The Hall–Kier alpha value is -3.40. The van der Waals surface area contributed by atoms with Crippen molar-refractivity contribution in [3.63, 3.8) is 0 Å². The summed E-state index contributed by atoms with van der Waals surface area (Å²) >= 11 is 1.65. The number of carbonyl (C=O) groups excluding carboxylic acids is 1. The molecule has 2 N–H and O–H groups in total. The first-order chi connectivity index (χ1) is 24.7. The number of urea groups is 1. The maximum absolute atomic E-state index is 13.8. The van der Waals surface area contributed by atoms with Crippen molar-refractivity contribution < 1.29 is 9.53 Å². The highest BCUT2D eigenvalue weighted by molar-refractivity contribution is 7.97. The quantitative estimate of drug-likeness (QED) is 0.101. The van der Waals surface area contributed by atoms with Crippen molar-refractivity contribution in [2.75, 3.05) is 52.5 Å². The van der Waals surface area contributed by atoms with Gasteiger partial charge in [-0.05, 0) is 82.3 Å². The molecule has 1 aliphatic heterocycles. The van der Waals surface area contributed by atoms with Crippen LogP contribution in [0.15, 0.2) is 95.9 Å². The molecule has 1 fully saturated rings. The highest BCUT2D eigenvalue weighted by Gasteiger charge is 2.19. The van der Waals surface area contributed by atoms with Crippen LogP contribution in [0, 0.1) is 11.8 Å². The molecule has 1 saturated heterocycles. The van der Waals surface area contributed by atoms with Crippen LogP contribution in [0.1, 0.15) is 69.3 Å². The van der Waals surface area contributed by atoms with E-state index in [2.05, 4.69) is 145 Å². The van der Waals surface area contributed by atoms with Gasteiger partial charge >= 0.3 is 6.03 Å². The Kier molecular flexibility index (Phi) is 15.2. The number of nitrogens with zero attached hydrogens (tertiary/aromatic N) is 3. The van der Waals surface area contributed by atoms with Gasteiger partial charge in [-0.3, -0.25) is 14.5 Å². The van der Waals surface area contributed by atoms with Gasteiger partial charge in [-0.1, -0.05) is 107 Å². The minimum absolute atomic E-state index is 0.0314. The van der Waals surface area contributed by atoms with Crippen molar-refractivity contribution in [1.82, 2.24) is 24.7 Å². The zero-order valence-corrected chi connectivity index (χ0v) is 32.3. The molecule has 2 amide bonds. The molecule has 1 atom stereocenters. The van der Waals surface area contributed by atoms with Crippen LogP contribution in [0.5, 0.6) is 0 Å². The Bertz CT molecular complexity index is 1610. The fourth-order valence-corrected chi connectivity index (χ4v) is 7.57. The molecule has 0 radical (unpaired) electrons. The number of hydrogen-bond acceptors (Lipinski definition) is 6. The molecule has 1 unspecified atom stereocenters. The fraction of sp³-hybridized carbons (Fsp3) is 0.465. The van der Waals surface area contributed by atoms with E-state index in [0.717, 1.165) is 81.5 Å². The van der Waals surface area contributed by atoms with Gasteiger partial charge in [0.2, 0.25) is 0 Å². The van der Waals surface area contributed by atoms with Crippen LogP contribution in [0.3, 0.4) is 0 Å². The summed E-state index contributed by atoms with van der Waals surface area (Å²) < 4.78 is 9.06. The van der Waals surface area contributed by atoms with E-state index < -0.39 is 0 Å². The van der Waals surface area contributed by atoms with Crippen molar-refractivity contribution in [3.8, 4) is 0 Å². The van der Waals surface area contributed by atoms with Crippen LogP contribution < -0.4 is 10.0 Å². The highest BCUT2D eigenvalue weighted by Crippen LogP contribution is 2.25. The first-order valence-electron chi connectivity index (χ1n) is 18.9. The van der Waals surface area contributed by atoms with Gasteiger partial charge in [-0.25, -0.2) is 4.79 Å². The molecule has 4 aromatic carbocycles. The maximum Gasteiger partial charge on any atom is 0.318 e. The second-order valence-electron chi connectivity index (χ2n) is 14.8. The van der Waals surface area contributed by atoms with Gasteiger partial charge in [-0.15, -0.1) is 0 Å². The van der Waals surface area contributed by atoms with Crippen molar-refractivity contribution in [2.24, 2.45) is 11.8 Å². The summed E-state index contributed by atoms with van der Waals surface area (Å²) in [6, 6.07) is 32.2. The zero-order chi connectivity index (χ0) is 36.0. The number of nitrogens with one attached hydrogen (secondary N) is 2. The summed E-state index contributed by atoms with van der Waals surface area (Å²) in [5.74, 6) is 1.33. The molecule has 0 saturated carbocycles. The standard InChI is InChI=1S/C43H59N5O2S/c1-33(2)29-47(30-34(3)4)31-37-16-14-36(15-17-37)28-44-51-40-20-18-38(19-21-40)32-48(23-9-22-46-24-26-50-27-25-46)43(49)45-35(5)41-13-8-11-39-10-6-7-12-42(39)41/h6-8,10-21,33-35,44H,9,22-32H2,1-5H3,(H,45,49). The SMILES string of the molecule is CC(C)CN(Cc1ccc(CNSc2ccc(CN(CCCN3CCOCC3)C(=O)NC(C)c3cccc4ccccc34)cc2)cc1)CC(C)C. The number of amides is 2. The zero-order valence-electron chi connectivity index (χ0n) is 31.4. The van der Waals surface area contributed by atoms with Crippen molar-refractivity contribution in [3.05, 3.63) is 113 Å². The van der Waals surface area contributed by atoms with Gasteiger partial charge in [0.15, 0.2) is 0 Å². The number of ether oxygens (including phenoxy) is 1. The summed E-state index contributed by atoms with van der Waals surface area (Å²) in [5.41, 5.74) is 4.90. The van der Waals surface area contributed by atoms with Crippen molar-refractivity contribution in [2.45, 2.75) is 71.6 Å². The number of carbonyl (C=O) groups is 1. The average molecular weight is 710 g/mol. The van der Waals surface area contributed by atoms with E-state index in [4.69, 9.17) is 4.74 Å². The second-order valence-corrected chi connectivity index (χ2v) is 15.8. The van der Waals surface area contributed by atoms with Gasteiger partial charge < -0.3 is 15.0 Å². The molecule has 7 nitrogen and oxygen atoms in total. The lowest BCUT2D eigenvalue weighted by molar-refractivity contribution is 0.0364. The first kappa shape index (κ1) is 38.8. The van der Waals surface area contributed by atoms with Crippen molar-refractivity contribution >= 4 is 28.8 Å². The van der Waals surface area contributed by atoms with Crippen LogP contribution in [0.2, 0.25) is 0 Å². The van der Waals surface area contributed by atoms with E-state index in [9.17, 15) is 4.79 Å². The Balaban J connectivity index is 1.14. The smallest absolute Gasteiger partial charge is 0.318 e. The molecule has 0 aliphatic carbocycles. The van der Waals surface area contributed by atoms with Crippen molar-refractivity contribution in [1.29, 1.82) is 0 Å². The third-order valence-electron chi connectivity index (χ3n) is 9.36. The van der Waals surface area contributed by atoms with E-state index in [1.807, 2.05) is 4.90 Å². The molecule has 1 heterocycles. The molecule has 0 aromatic heterocycles. The van der Waals surface area contributed by atoms with Crippen LogP contribution in [-0.2, 0) is 24.4 Å². The molecular weight excluding hydrogens is 651 g/mol. The van der Waals surface area contributed by atoms with Gasteiger partial charge in [0.05, 0.1) is 19.3 Å². The summed E-state index contributed by atoms with van der Waals surface area (Å²) in [5, 5.41) is 5.68. The number of fused-ring (bicyclic) bond motifs is 1. The second kappa shape index (κ2) is 20.0. The summed E-state index contributed by atoms with van der Waals surface area (Å²) in [7, 11) is 0. The lowest BCUT2D eigenvalue weighted by atomic mass is 10.00. The topological polar surface area (TPSA) is 60.1 Å². The lowest BCUT2D eigenvalue weighted by Gasteiger charge is -2.29. The Morgan fingerprint density at radius 1 is 0.784 bits per heavy atom. The Labute approximate surface area is 311 Å². The Morgan fingerprint density at radius 3 is 2.12 bits per heavy atom. The summed E-state index contributed by atoms with van der Waals surface area (Å²) in [6.45, 7) is 21.0.